The minimum Gasteiger partial charge on any atom is -0.404 e. The third kappa shape index (κ3) is 4.50. The molecule has 1 radical (unpaired) electrons. The van der Waals surface area contributed by atoms with Crippen LogP contribution in [0.2, 0.25) is 0 Å². The molecule has 0 saturated carbocycles. The Balaban J connectivity index is 0.000000171. The summed E-state index contributed by atoms with van der Waals surface area (Å²) in [6.45, 7) is 4.13. The molecule has 3 aromatic carbocycles. The summed E-state index contributed by atoms with van der Waals surface area (Å²) in [7, 11) is 1.90. The van der Waals surface area contributed by atoms with Crippen LogP contribution in [0, 0.1) is 17.9 Å². The number of hydrogen-bond donors (Lipinski definition) is 1. The maximum absolute atomic E-state index is 14.4. The predicted octanol–water partition coefficient (Wildman–Crippen LogP) is 7.07. The van der Waals surface area contributed by atoms with Gasteiger partial charge in [-0.15, -0.1) is 53.6 Å². The first-order chi connectivity index (χ1) is 16.5. The summed E-state index contributed by atoms with van der Waals surface area (Å²) < 4.78 is 14.4. The topological polar surface area (TPSA) is 37.8 Å². The Kier molecular flexibility index (Phi) is 7.11. The molecule has 0 spiro atoms. The van der Waals surface area contributed by atoms with Crippen LogP contribution in [0.1, 0.15) is 25.0 Å². The van der Waals surface area contributed by atoms with Gasteiger partial charge in [-0.25, -0.2) is 4.39 Å². The molecule has 2 aromatic heterocycles. The number of anilines is 1. The van der Waals surface area contributed by atoms with Crippen LogP contribution < -0.4 is 5.32 Å². The van der Waals surface area contributed by atoms with Crippen molar-refractivity contribution in [2.75, 3.05) is 12.4 Å². The Morgan fingerprint density at radius 2 is 1.71 bits per heavy atom. The number of hydrogen-bond acceptors (Lipinski definition) is 3. The van der Waals surface area contributed by atoms with Crippen molar-refractivity contribution < 1.29 is 24.5 Å². The second-order valence-corrected chi connectivity index (χ2v) is 8.72. The Bertz CT molecular complexity index is 1480. The molecule has 1 aliphatic carbocycles. The number of pyridine rings is 2. The predicted molar refractivity (Wildman–Crippen MR) is 136 cm³/mol. The molecule has 1 aliphatic rings. The van der Waals surface area contributed by atoms with Crippen LogP contribution in [0.15, 0.2) is 85.2 Å². The summed E-state index contributed by atoms with van der Waals surface area (Å²) in [4.78, 5) is 8.75. The molecule has 0 saturated heterocycles. The Hall–Kier alpha value is -3.40. The van der Waals surface area contributed by atoms with Crippen LogP contribution in [-0.2, 0) is 25.5 Å². The van der Waals surface area contributed by atoms with Crippen LogP contribution >= 0.6 is 0 Å². The van der Waals surface area contributed by atoms with E-state index < -0.39 is 0 Å². The minimum atomic E-state index is -0.382. The van der Waals surface area contributed by atoms with Crippen molar-refractivity contribution in [1.82, 2.24) is 9.97 Å². The fourth-order valence-electron chi connectivity index (χ4n) is 4.64. The molecular formula is C30H24FIrN3-2. The molecule has 0 fully saturated rings. The first-order valence-corrected chi connectivity index (χ1v) is 11.2. The van der Waals surface area contributed by atoms with Gasteiger partial charge in [0.25, 0.3) is 0 Å². The van der Waals surface area contributed by atoms with Gasteiger partial charge in [-0.3, -0.25) is 0 Å². The average Bonchev–Trinajstić information content (AvgIpc) is 2.88. The van der Waals surface area contributed by atoms with E-state index in [1.54, 1.807) is 18.5 Å². The van der Waals surface area contributed by atoms with Gasteiger partial charge in [0.05, 0.1) is 0 Å². The van der Waals surface area contributed by atoms with Crippen molar-refractivity contribution in [2.24, 2.45) is 0 Å². The van der Waals surface area contributed by atoms with E-state index >= 15 is 0 Å². The number of benzene rings is 3. The summed E-state index contributed by atoms with van der Waals surface area (Å²) >= 11 is 0. The van der Waals surface area contributed by atoms with Crippen LogP contribution in [0.25, 0.3) is 33.3 Å². The van der Waals surface area contributed by atoms with E-state index in [1.807, 2.05) is 55.6 Å². The summed E-state index contributed by atoms with van der Waals surface area (Å²) in [6.07, 6.45) is 3.57. The number of fused-ring (bicyclic) bond motifs is 2. The van der Waals surface area contributed by atoms with Crippen molar-refractivity contribution in [3.05, 3.63) is 114 Å². The molecule has 6 rings (SSSR count). The fraction of sp³-hybridized carbons (Fsp3) is 0.133. The van der Waals surface area contributed by atoms with Gasteiger partial charge in [-0.1, -0.05) is 55.4 Å². The normalized spacial score (nSPS) is 12.6. The van der Waals surface area contributed by atoms with E-state index in [-0.39, 0.29) is 31.3 Å². The maximum atomic E-state index is 14.4. The summed E-state index contributed by atoms with van der Waals surface area (Å²) in [5.41, 5.74) is 6.10. The van der Waals surface area contributed by atoms with Crippen molar-refractivity contribution >= 4 is 16.5 Å². The van der Waals surface area contributed by atoms with Crippen LogP contribution in [0.3, 0.4) is 0 Å². The van der Waals surface area contributed by atoms with E-state index in [4.69, 9.17) is 0 Å². The second kappa shape index (κ2) is 10.1. The van der Waals surface area contributed by atoms with Gasteiger partial charge in [0.15, 0.2) is 0 Å². The van der Waals surface area contributed by atoms with Gasteiger partial charge in [0.1, 0.15) is 0 Å². The number of nitrogens with zero attached hydrogens (tertiary/aromatic N) is 2. The molecule has 2 heterocycles. The smallest absolute Gasteiger partial charge is 0.0459 e. The SMILES string of the molecule is CC1(C)c2c([c-]ccc2F)-c2nccc3cccc1c23.CNc1cc[c-]c(-c2ccccn2)c1.[Ir]. The average molecular weight is 638 g/mol. The van der Waals surface area contributed by atoms with Gasteiger partial charge in [-0.2, -0.15) is 0 Å². The Morgan fingerprint density at radius 1 is 0.886 bits per heavy atom. The molecule has 0 bridgehead atoms. The summed E-state index contributed by atoms with van der Waals surface area (Å²) in [5, 5.41) is 5.35. The quantitative estimate of drug-likeness (QED) is 0.211. The molecule has 177 valence electrons. The van der Waals surface area contributed by atoms with Gasteiger partial charge in [0, 0.05) is 45.4 Å². The molecule has 5 heteroatoms. The zero-order valence-electron chi connectivity index (χ0n) is 19.7. The van der Waals surface area contributed by atoms with E-state index in [1.165, 1.54) is 6.07 Å². The number of aromatic nitrogens is 2. The monoisotopic (exact) mass is 638 g/mol. The van der Waals surface area contributed by atoms with Crippen molar-refractivity contribution in [2.45, 2.75) is 19.3 Å². The number of rotatable bonds is 2. The standard InChI is InChI=1S/C18H13FN.C12H11N2.Ir/c1-18(2)13-7-3-5-11-9-10-20-17(15(11)13)12-6-4-8-14(19)16(12)18;1-13-11-6-4-5-10(9-11)12-7-2-3-8-14-12;/h3-5,7-10H,1-2H3;2-4,6-9,13H,1H3;/q2*-1;. The van der Waals surface area contributed by atoms with Gasteiger partial charge < -0.3 is 15.3 Å². The first kappa shape index (κ1) is 24.7. The van der Waals surface area contributed by atoms with Crippen molar-refractivity contribution in [3.8, 4) is 22.5 Å². The molecule has 0 amide bonds. The third-order valence-corrected chi connectivity index (χ3v) is 6.30. The summed E-state index contributed by atoms with van der Waals surface area (Å²) in [6, 6.07) is 29.4. The van der Waals surface area contributed by atoms with Gasteiger partial charge in [0.2, 0.25) is 0 Å². The van der Waals surface area contributed by atoms with Crippen LogP contribution in [0.4, 0.5) is 10.1 Å². The second-order valence-electron chi connectivity index (χ2n) is 8.72. The molecule has 1 N–H and O–H groups in total. The minimum absolute atomic E-state index is 0. The molecule has 3 nitrogen and oxygen atoms in total. The fourth-order valence-corrected chi connectivity index (χ4v) is 4.64. The Morgan fingerprint density at radius 3 is 2.49 bits per heavy atom. The Labute approximate surface area is 218 Å². The zero-order valence-corrected chi connectivity index (χ0v) is 22.1. The van der Waals surface area contributed by atoms with E-state index in [9.17, 15) is 4.39 Å². The van der Waals surface area contributed by atoms with Crippen molar-refractivity contribution in [1.29, 1.82) is 0 Å². The van der Waals surface area contributed by atoms with E-state index in [0.29, 0.717) is 5.56 Å². The molecule has 5 aromatic rings. The molecule has 0 atom stereocenters. The first-order valence-electron chi connectivity index (χ1n) is 11.2. The van der Waals surface area contributed by atoms with E-state index in [0.717, 1.165) is 44.5 Å². The maximum Gasteiger partial charge on any atom is 0.0459 e. The largest absolute Gasteiger partial charge is 0.404 e. The molecular weight excluding hydrogens is 614 g/mol. The van der Waals surface area contributed by atoms with E-state index in [2.05, 4.69) is 53.4 Å². The zero-order chi connectivity index (χ0) is 23.7. The number of nitrogens with one attached hydrogen (secondary N) is 1. The van der Waals surface area contributed by atoms with Gasteiger partial charge in [-0.05, 0) is 45.3 Å². The summed E-state index contributed by atoms with van der Waals surface area (Å²) in [5.74, 6) is -0.183. The molecule has 0 aliphatic heterocycles. The molecule has 35 heavy (non-hydrogen) atoms. The number of halogens is 1. The van der Waals surface area contributed by atoms with Crippen LogP contribution in [-0.4, -0.2) is 17.0 Å². The molecule has 0 unspecified atom stereocenters. The van der Waals surface area contributed by atoms with Gasteiger partial charge >= 0.3 is 0 Å². The van der Waals surface area contributed by atoms with Crippen LogP contribution in [0.5, 0.6) is 0 Å². The van der Waals surface area contributed by atoms with Crippen molar-refractivity contribution in [3.63, 3.8) is 0 Å². The third-order valence-electron chi connectivity index (χ3n) is 6.30.